The van der Waals surface area contributed by atoms with Crippen LogP contribution in [0.25, 0.3) is 0 Å². The van der Waals surface area contributed by atoms with Crippen molar-refractivity contribution < 1.29 is 4.42 Å². The van der Waals surface area contributed by atoms with Crippen molar-refractivity contribution in [3.63, 3.8) is 0 Å². The molecule has 0 aliphatic rings. The largest absolute Gasteiger partial charge is 0.467 e. The average molecular weight is 269 g/mol. The fourth-order valence-electron chi connectivity index (χ4n) is 2.37. The number of hydrogen-bond donors (Lipinski definition) is 1. The summed E-state index contributed by atoms with van der Waals surface area (Å²) in [6, 6.07) is 15.8. The van der Waals surface area contributed by atoms with Crippen LogP contribution in [0.2, 0.25) is 0 Å². The maximum Gasteiger partial charge on any atom is 0.127 e. The monoisotopic (exact) mass is 269 g/mol. The molecule has 0 bridgehead atoms. The summed E-state index contributed by atoms with van der Waals surface area (Å²) in [6.07, 6.45) is 2.09. The van der Waals surface area contributed by atoms with Crippen molar-refractivity contribution in [2.75, 3.05) is 11.4 Å². The first-order valence-corrected chi connectivity index (χ1v) is 6.71. The molecule has 104 valence electrons. The van der Waals surface area contributed by atoms with E-state index in [1.54, 1.807) is 6.26 Å². The Labute approximate surface area is 119 Å². The van der Waals surface area contributed by atoms with Gasteiger partial charge in [0, 0.05) is 18.3 Å². The van der Waals surface area contributed by atoms with Gasteiger partial charge >= 0.3 is 0 Å². The highest BCUT2D eigenvalue weighted by Crippen LogP contribution is 2.29. The molecule has 2 rings (SSSR count). The van der Waals surface area contributed by atoms with Gasteiger partial charge in [-0.1, -0.05) is 18.2 Å². The Hall–Kier alpha value is -2.25. The van der Waals surface area contributed by atoms with E-state index in [4.69, 9.17) is 15.4 Å². The molecule has 4 nitrogen and oxygen atoms in total. The fraction of sp³-hybridized carbons (Fsp3) is 0.312. The lowest BCUT2D eigenvalue weighted by atomic mass is 10.0. The number of furan rings is 1. The van der Waals surface area contributed by atoms with E-state index in [2.05, 4.69) is 11.0 Å². The van der Waals surface area contributed by atoms with Crippen LogP contribution >= 0.6 is 0 Å². The van der Waals surface area contributed by atoms with Crippen LogP contribution in [-0.4, -0.2) is 12.6 Å². The van der Waals surface area contributed by atoms with Crippen LogP contribution in [0.3, 0.4) is 0 Å². The smallest absolute Gasteiger partial charge is 0.127 e. The summed E-state index contributed by atoms with van der Waals surface area (Å²) < 4.78 is 5.53. The van der Waals surface area contributed by atoms with Crippen LogP contribution < -0.4 is 10.6 Å². The van der Waals surface area contributed by atoms with Gasteiger partial charge in [-0.2, -0.15) is 5.26 Å². The van der Waals surface area contributed by atoms with E-state index in [0.29, 0.717) is 13.0 Å². The van der Waals surface area contributed by atoms with Crippen LogP contribution in [0.1, 0.15) is 25.1 Å². The molecular formula is C16H19N3O. The van der Waals surface area contributed by atoms with E-state index in [0.717, 1.165) is 11.4 Å². The van der Waals surface area contributed by atoms with Crippen molar-refractivity contribution in [1.29, 1.82) is 5.26 Å². The van der Waals surface area contributed by atoms with Gasteiger partial charge in [-0.05, 0) is 31.2 Å². The number of benzene rings is 1. The molecule has 0 amide bonds. The van der Waals surface area contributed by atoms with E-state index < -0.39 is 0 Å². The molecule has 0 aliphatic carbocycles. The third-order valence-electron chi connectivity index (χ3n) is 3.22. The summed E-state index contributed by atoms with van der Waals surface area (Å²) >= 11 is 0. The molecule has 1 heterocycles. The van der Waals surface area contributed by atoms with Crippen molar-refractivity contribution in [2.24, 2.45) is 5.73 Å². The number of nitriles is 1. The average Bonchev–Trinajstić information content (AvgIpc) is 2.97. The van der Waals surface area contributed by atoms with Crippen molar-refractivity contribution >= 4 is 5.69 Å². The Morgan fingerprint density at radius 1 is 1.25 bits per heavy atom. The molecule has 2 aromatic rings. The fourth-order valence-corrected chi connectivity index (χ4v) is 2.37. The lowest BCUT2D eigenvalue weighted by Gasteiger charge is -2.34. The lowest BCUT2D eigenvalue weighted by molar-refractivity contribution is 0.414. The molecule has 0 spiro atoms. The Balaban J connectivity index is 2.35. The van der Waals surface area contributed by atoms with Crippen LogP contribution in [0.4, 0.5) is 5.69 Å². The minimum Gasteiger partial charge on any atom is -0.467 e. The zero-order chi connectivity index (χ0) is 14.4. The van der Waals surface area contributed by atoms with Crippen molar-refractivity contribution in [1.82, 2.24) is 0 Å². The molecule has 0 aliphatic heterocycles. The quantitative estimate of drug-likeness (QED) is 0.875. The highest BCUT2D eigenvalue weighted by atomic mass is 16.3. The Bertz CT molecular complexity index is 543. The minimum absolute atomic E-state index is 0.0826. The maximum atomic E-state index is 8.88. The Morgan fingerprint density at radius 3 is 2.55 bits per heavy atom. The highest BCUT2D eigenvalue weighted by molar-refractivity contribution is 5.48. The van der Waals surface area contributed by atoms with E-state index in [1.807, 2.05) is 49.4 Å². The van der Waals surface area contributed by atoms with Crippen LogP contribution in [0.15, 0.2) is 53.1 Å². The summed E-state index contributed by atoms with van der Waals surface area (Å²) in [7, 11) is 0. The Kier molecular flexibility index (Phi) is 4.80. The molecule has 0 saturated heterocycles. The molecule has 0 saturated carbocycles. The Morgan fingerprint density at radius 2 is 2.00 bits per heavy atom. The van der Waals surface area contributed by atoms with Crippen molar-refractivity contribution in [3.8, 4) is 6.07 Å². The second-order valence-corrected chi connectivity index (χ2v) is 4.76. The number of nitrogens with two attached hydrogens (primary N) is 1. The predicted molar refractivity (Wildman–Crippen MR) is 79.1 cm³/mol. The molecule has 0 radical (unpaired) electrons. The van der Waals surface area contributed by atoms with Gasteiger partial charge in [0.15, 0.2) is 0 Å². The molecular weight excluding hydrogens is 250 g/mol. The molecule has 20 heavy (non-hydrogen) atoms. The van der Waals surface area contributed by atoms with Gasteiger partial charge in [0.25, 0.3) is 0 Å². The van der Waals surface area contributed by atoms with Gasteiger partial charge in [0.2, 0.25) is 0 Å². The van der Waals surface area contributed by atoms with Crippen LogP contribution in [0.5, 0.6) is 0 Å². The van der Waals surface area contributed by atoms with Gasteiger partial charge in [-0.25, -0.2) is 0 Å². The highest BCUT2D eigenvalue weighted by Gasteiger charge is 2.26. The molecule has 2 atom stereocenters. The third kappa shape index (κ3) is 3.19. The minimum atomic E-state index is -0.111. The number of nitrogens with zero attached hydrogens (tertiary/aromatic N) is 2. The van der Waals surface area contributed by atoms with E-state index >= 15 is 0 Å². The summed E-state index contributed by atoms with van der Waals surface area (Å²) in [5.74, 6) is 0.821. The number of para-hydroxylation sites is 1. The van der Waals surface area contributed by atoms with Gasteiger partial charge in [-0.3, -0.25) is 0 Å². The number of hydrogen-bond acceptors (Lipinski definition) is 4. The molecule has 1 aromatic heterocycles. The number of anilines is 1. The normalized spacial score (nSPS) is 13.4. The van der Waals surface area contributed by atoms with Crippen molar-refractivity contribution in [2.45, 2.75) is 25.4 Å². The first kappa shape index (κ1) is 14.2. The molecule has 1 aromatic carbocycles. The topological polar surface area (TPSA) is 66.2 Å². The predicted octanol–water partition coefficient (Wildman–Crippen LogP) is 3.09. The van der Waals surface area contributed by atoms with Crippen LogP contribution in [-0.2, 0) is 0 Å². The first-order chi connectivity index (χ1) is 9.74. The van der Waals surface area contributed by atoms with E-state index in [9.17, 15) is 0 Å². The molecule has 0 fully saturated rings. The SMILES string of the molecule is CC(N)C(c1ccco1)N(CCC#N)c1ccccc1. The van der Waals surface area contributed by atoms with E-state index in [1.165, 1.54) is 0 Å². The van der Waals surface area contributed by atoms with E-state index in [-0.39, 0.29) is 12.1 Å². The summed E-state index contributed by atoms with van der Waals surface area (Å²) in [4.78, 5) is 2.13. The molecule has 2 N–H and O–H groups in total. The van der Waals surface area contributed by atoms with Gasteiger partial charge in [0.05, 0.1) is 18.8 Å². The summed E-state index contributed by atoms with van der Waals surface area (Å²) in [6.45, 7) is 2.57. The summed E-state index contributed by atoms with van der Waals surface area (Å²) in [5.41, 5.74) is 7.20. The van der Waals surface area contributed by atoms with Gasteiger partial charge < -0.3 is 15.1 Å². The molecule has 4 heteroatoms. The zero-order valence-electron chi connectivity index (χ0n) is 11.6. The standard InChI is InChI=1S/C16H19N3O/c1-13(18)16(15-9-5-12-20-15)19(11-6-10-17)14-7-3-2-4-8-14/h2-5,7-9,12-13,16H,6,11,18H2,1H3. The second kappa shape index (κ2) is 6.78. The van der Waals surface area contributed by atoms with Gasteiger partial charge in [0.1, 0.15) is 11.8 Å². The van der Waals surface area contributed by atoms with Crippen molar-refractivity contribution in [3.05, 3.63) is 54.5 Å². The molecule has 2 unspecified atom stereocenters. The second-order valence-electron chi connectivity index (χ2n) is 4.76. The van der Waals surface area contributed by atoms with Crippen LogP contribution in [0, 0.1) is 11.3 Å². The first-order valence-electron chi connectivity index (χ1n) is 6.71. The zero-order valence-corrected chi connectivity index (χ0v) is 11.6. The maximum absolute atomic E-state index is 8.88. The third-order valence-corrected chi connectivity index (χ3v) is 3.22. The lowest BCUT2D eigenvalue weighted by Crippen LogP contribution is -2.40. The number of rotatable bonds is 6. The summed E-state index contributed by atoms with van der Waals surface area (Å²) in [5, 5.41) is 8.88. The van der Waals surface area contributed by atoms with Gasteiger partial charge in [-0.15, -0.1) is 0 Å².